The Kier molecular flexibility index (Phi) is 5.85. The van der Waals surface area contributed by atoms with E-state index in [2.05, 4.69) is 88.4 Å². The Hall–Kier alpha value is -2.90. The summed E-state index contributed by atoms with van der Waals surface area (Å²) in [4.78, 5) is 17.9. The second kappa shape index (κ2) is 8.80. The molecule has 0 unspecified atom stereocenters. The van der Waals surface area contributed by atoms with Crippen LogP contribution in [-0.2, 0) is 11.8 Å². The maximum Gasteiger partial charge on any atom is 0.180 e. The third-order valence-corrected chi connectivity index (χ3v) is 7.21. The zero-order valence-corrected chi connectivity index (χ0v) is 20.5. The van der Waals surface area contributed by atoms with Crippen molar-refractivity contribution in [3.8, 4) is 11.4 Å². The SMILES string of the molecule is CC(C)(C)c1ccc(-c2nc3c(N4CCN(CCc5csc(N)n5)CC4)cccc3[nH]2)cc1. The summed E-state index contributed by atoms with van der Waals surface area (Å²) in [7, 11) is 0. The molecule has 172 valence electrons. The number of rotatable bonds is 5. The quantitative estimate of drug-likeness (QED) is 0.442. The summed E-state index contributed by atoms with van der Waals surface area (Å²) in [5.41, 5.74) is 12.8. The van der Waals surface area contributed by atoms with Crippen LogP contribution in [0.25, 0.3) is 22.4 Å². The molecular weight excluding hydrogens is 428 g/mol. The molecule has 2 aromatic heterocycles. The van der Waals surface area contributed by atoms with Crippen LogP contribution >= 0.6 is 11.3 Å². The van der Waals surface area contributed by atoms with Gasteiger partial charge >= 0.3 is 0 Å². The first kappa shape index (κ1) is 21.9. The maximum atomic E-state index is 5.76. The van der Waals surface area contributed by atoms with Gasteiger partial charge in [-0.3, -0.25) is 4.90 Å². The van der Waals surface area contributed by atoms with E-state index in [1.165, 1.54) is 22.6 Å². The lowest BCUT2D eigenvalue weighted by molar-refractivity contribution is 0.260. The standard InChI is InChI=1S/C26H32N6S/c1-26(2,3)19-9-7-18(8-10-19)24-29-21-5-4-6-22(23(21)30-24)32-15-13-31(14-16-32)12-11-20-17-33-25(27)28-20/h4-10,17H,11-16H2,1-3H3,(H2,27,28)(H,29,30). The third-order valence-electron chi connectivity index (χ3n) is 6.48. The Balaban J connectivity index is 1.29. The van der Waals surface area contributed by atoms with Gasteiger partial charge in [-0.25, -0.2) is 9.97 Å². The van der Waals surface area contributed by atoms with Crippen molar-refractivity contribution in [2.45, 2.75) is 32.6 Å². The monoisotopic (exact) mass is 460 g/mol. The van der Waals surface area contributed by atoms with Crippen LogP contribution in [-0.4, -0.2) is 52.6 Å². The average Bonchev–Trinajstić information content (AvgIpc) is 3.43. The molecule has 33 heavy (non-hydrogen) atoms. The molecular formula is C26H32N6S. The summed E-state index contributed by atoms with van der Waals surface area (Å²) >= 11 is 1.52. The second-order valence-electron chi connectivity index (χ2n) is 9.84. The van der Waals surface area contributed by atoms with Crippen molar-refractivity contribution < 1.29 is 0 Å². The molecule has 1 aliphatic heterocycles. The van der Waals surface area contributed by atoms with Gasteiger partial charge in [0.1, 0.15) is 11.3 Å². The number of para-hydroxylation sites is 1. The Labute approximate surface area is 199 Å². The van der Waals surface area contributed by atoms with Gasteiger partial charge in [-0.15, -0.1) is 11.3 Å². The van der Waals surface area contributed by atoms with Crippen LogP contribution < -0.4 is 10.6 Å². The molecule has 5 rings (SSSR count). The molecule has 1 saturated heterocycles. The van der Waals surface area contributed by atoms with Gasteiger partial charge in [-0.2, -0.15) is 0 Å². The van der Waals surface area contributed by atoms with Crippen LogP contribution in [0.5, 0.6) is 0 Å². The van der Waals surface area contributed by atoms with Crippen molar-refractivity contribution in [2.75, 3.05) is 43.4 Å². The number of nitrogens with zero attached hydrogens (tertiary/aromatic N) is 4. The molecule has 3 N–H and O–H groups in total. The molecule has 0 saturated carbocycles. The topological polar surface area (TPSA) is 74.1 Å². The Morgan fingerprint density at radius 3 is 2.42 bits per heavy atom. The van der Waals surface area contributed by atoms with Crippen molar-refractivity contribution in [3.05, 3.63) is 59.1 Å². The van der Waals surface area contributed by atoms with Crippen LogP contribution in [0.1, 0.15) is 32.0 Å². The number of piperazine rings is 1. The summed E-state index contributed by atoms with van der Waals surface area (Å²) in [5, 5.41) is 2.73. The van der Waals surface area contributed by atoms with E-state index < -0.39 is 0 Å². The smallest absolute Gasteiger partial charge is 0.180 e. The number of H-pyrrole nitrogens is 1. The molecule has 0 aliphatic carbocycles. The number of nitrogens with one attached hydrogen (secondary N) is 1. The highest BCUT2D eigenvalue weighted by Crippen LogP contribution is 2.30. The van der Waals surface area contributed by atoms with Crippen molar-refractivity contribution in [1.82, 2.24) is 19.9 Å². The molecule has 1 fully saturated rings. The fourth-order valence-electron chi connectivity index (χ4n) is 4.46. The molecule has 2 aromatic carbocycles. The Bertz CT molecular complexity index is 1230. The van der Waals surface area contributed by atoms with Crippen LogP contribution in [0.15, 0.2) is 47.8 Å². The van der Waals surface area contributed by atoms with Gasteiger partial charge in [0.15, 0.2) is 5.13 Å². The summed E-state index contributed by atoms with van der Waals surface area (Å²) in [6.45, 7) is 11.8. The van der Waals surface area contributed by atoms with Crippen LogP contribution in [0.3, 0.4) is 0 Å². The number of fused-ring (bicyclic) bond motifs is 1. The predicted octanol–water partition coefficient (Wildman–Crippen LogP) is 4.93. The molecule has 7 heteroatoms. The minimum atomic E-state index is 0.148. The molecule has 0 bridgehead atoms. The molecule has 1 aliphatic rings. The number of aromatic amines is 1. The fourth-order valence-corrected chi connectivity index (χ4v) is 5.06. The lowest BCUT2D eigenvalue weighted by atomic mass is 9.87. The lowest BCUT2D eigenvalue weighted by Gasteiger charge is -2.36. The number of nitrogens with two attached hydrogens (primary N) is 1. The van der Waals surface area contributed by atoms with E-state index in [1.807, 2.05) is 0 Å². The molecule has 0 amide bonds. The first-order valence-electron chi connectivity index (χ1n) is 11.6. The third kappa shape index (κ3) is 4.75. The fraction of sp³-hybridized carbons (Fsp3) is 0.385. The normalized spacial score (nSPS) is 15.4. The van der Waals surface area contributed by atoms with E-state index >= 15 is 0 Å². The first-order chi connectivity index (χ1) is 15.9. The summed E-state index contributed by atoms with van der Waals surface area (Å²) in [6.07, 6.45) is 0.958. The predicted molar refractivity (Wildman–Crippen MR) is 139 cm³/mol. The zero-order valence-electron chi connectivity index (χ0n) is 19.6. The summed E-state index contributed by atoms with van der Waals surface area (Å²) < 4.78 is 0. The number of thiazole rings is 1. The van der Waals surface area contributed by atoms with E-state index in [0.717, 1.165) is 67.3 Å². The van der Waals surface area contributed by atoms with E-state index in [-0.39, 0.29) is 5.41 Å². The van der Waals surface area contributed by atoms with Gasteiger partial charge in [-0.05, 0) is 23.1 Å². The summed E-state index contributed by atoms with van der Waals surface area (Å²) in [6, 6.07) is 15.2. The number of anilines is 2. The number of aromatic nitrogens is 3. The van der Waals surface area contributed by atoms with Crippen molar-refractivity contribution in [3.63, 3.8) is 0 Å². The molecule has 0 radical (unpaired) electrons. The Morgan fingerprint density at radius 2 is 1.76 bits per heavy atom. The second-order valence-corrected chi connectivity index (χ2v) is 10.7. The van der Waals surface area contributed by atoms with E-state index in [9.17, 15) is 0 Å². The van der Waals surface area contributed by atoms with Crippen LogP contribution in [0.4, 0.5) is 10.8 Å². The summed E-state index contributed by atoms with van der Waals surface area (Å²) in [5.74, 6) is 0.930. The van der Waals surface area contributed by atoms with Gasteiger partial charge in [0.05, 0.1) is 16.9 Å². The van der Waals surface area contributed by atoms with Gasteiger partial charge in [-0.1, -0.05) is 51.1 Å². The molecule has 0 spiro atoms. The van der Waals surface area contributed by atoms with Gasteiger partial charge in [0.2, 0.25) is 0 Å². The highest BCUT2D eigenvalue weighted by Gasteiger charge is 2.21. The number of imidazole rings is 1. The highest BCUT2D eigenvalue weighted by atomic mass is 32.1. The van der Waals surface area contributed by atoms with Crippen LogP contribution in [0.2, 0.25) is 0 Å². The minimum Gasteiger partial charge on any atom is -0.375 e. The largest absolute Gasteiger partial charge is 0.375 e. The average molecular weight is 461 g/mol. The number of hydrogen-bond donors (Lipinski definition) is 2. The van der Waals surface area contributed by atoms with Crippen molar-refractivity contribution in [1.29, 1.82) is 0 Å². The van der Waals surface area contributed by atoms with E-state index in [0.29, 0.717) is 5.13 Å². The number of nitrogen functional groups attached to an aromatic ring is 1. The maximum absolute atomic E-state index is 5.76. The zero-order chi connectivity index (χ0) is 23.0. The van der Waals surface area contributed by atoms with Crippen LogP contribution in [0, 0.1) is 0 Å². The first-order valence-corrected chi connectivity index (χ1v) is 12.5. The molecule has 3 heterocycles. The Morgan fingerprint density at radius 1 is 1.00 bits per heavy atom. The lowest BCUT2D eigenvalue weighted by Crippen LogP contribution is -2.47. The number of benzene rings is 2. The van der Waals surface area contributed by atoms with Crippen molar-refractivity contribution >= 4 is 33.2 Å². The van der Waals surface area contributed by atoms with Gasteiger partial charge in [0, 0.05) is 50.1 Å². The number of hydrogen-bond acceptors (Lipinski definition) is 6. The molecule has 0 atom stereocenters. The van der Waals surface area contributed by atoms with Crippen molar-refractivity contribution in [2.24, 2.45) is 0 Å². The van der Waals surface area contributed by atoms with Gasteiger partial charge in [0.25, 0.3) is 0 Å². The molecule has 6 nitrogen and oxygen atoms in total. The van der Waals surface area contributed by atoms with E-state index in [1.54, 1.807) is 0 Å². The highest BCUT2D eigenvalue weighted by molar-refractivity contribution is 7.13. The van der Waals surface area contributed by atoms with Gasteiger partial charge < -0.3 is 15.6 Å². The minimum absolute atomic E-state index is 0.148. The molecule has 4 aromatic rings. The van der Waals surface area contributed by atoms with E-state index in [4.69, 9.17) is 10.7 Å².